The number of carbonyl (C=O) groups is 4. The highest BCUT2D eigenvalue weighted by Crippen LogP contribution is 2.66. The molecule has 2 fully saturated rings. The molecule has 1 aromatic carbocycles. The molecule has 0 amide bonds. The lowest BCUT2D eigenvalue weighted by atomic mass is 9.37. The molecule has 3 N–H and O–H groups in total. The minimum absolute atomic E-state index is 0.000199. The average Bonchev–Trinajstić information content (AvgIpc) is 2.93. The highest BCUT2D eigenvalue weighted by molar-refractivity contribution is 6.38. The maximum atomic E-state index is 15.2. The largest absolute Gasteiger partial charge is 0.504 e. The summed E-state index contributed by atoms with van der Waals surface area (Å²) in [6, 6.07) is 3.45. The number of hydrogen-bond acceptors (Lipinski definition) is 7. The van der Waals surface area contributed by atoms with Gasteiger partial charge in [0.1, 0.15) is 5.92 Å². The molecule has 6 atom stereocenters. The lowest BCUT2D eigenvalue weighted by Crippen LogP contribution is -2.72. The smallest absolute Gasteiger partial charge is 0.181 e. The molecule has 244 valence electrons. The number of aliphatic hydroxyl groups is 1. The Labute approximate surface area is 267 Å². The van der Waals surface area contributed by atoms with Crippen molar-refractivity contribution in [3.8, 4) is 11.5 Å². The van der Waals surface area contributed by atoms with E-state index < -0.39 is 68.8 Å². The van der Waals surface area contributed by atoms with Crippen LogP contribution in [0.25, 0.3) is 0 Å². The Bertz CT molecular complexity index is 1480. The predicted octanol–water partition coefficient (Wildman–Crippen LogP) is 7.26. The van der Waals surface area contributed by atoms with E-state index in [0.717, 1.165) is 23.3 Å². The third kappa shape index (κ3) is 6.29. The zero-order valence-electron chi connectivity index (χ0n) is 28.1. The van der Waals surface area contributed by atoms with Gasteiger partial charge in [0, 0.05) is 5.56 Å². The fourth-order valence-corrected chi connectivity index (χ4v) is 7.38. The number of Topliss-reactive ketones (excluding diaryl/α,β-unsaturated/α-hetero) is 4. The maximum absolute atomic E-state index is 15.2. The Hall–Kier alpha value is -3.58. The summed E-state index contributed by atoms with van der Waals surface area (Å²) in [5.41, 5.74) is -1.25. The molecule has 0 spiro atoms. The van der Waals surface area contributed by atoms with E-state index in [1.165, 1.54) is 6.07 Å². The predicted molar refractivity (Wildman–Crippen MR) is 176 cm³/mol. The van der Waals surface area contributed by atoms with Crippen LogP contribution < -0.4 is 0 Å². The molecule has 2 unspecified atom stereocenters. The zero-order valence-corrected chi connectivity index (χ0v) is 28.1. The van der Waals surface area contributed by atoms with Crippen LogP contribution in [0.2, 0.25) is 0 Å². The molecule has 0 heterocycles. The van der Waals surface area contributed by atoms with E-state index in [9.17, 15) is 29.7 Å². The van der Waals surface area contributed by atoms with Gasteiger partial charge in [0.25, 0.3) is 0 Å². The number of rotatable bonds is 12. The van der Waals surface area contributed by atoms with E-state index in [1.807, 2.05) is 47.6 Å². The molecule has 0 saturated heterocycles. The van der Waals surface area contributed by atoms with Gasteiger partial charge in [-0.05, 0) is 109 Å². The number of aromatic hydroxyl groups is 2. The van der Waals surface area contributed by atoms with E-state index in [-0.39, 0.29) is 37.2 Å². The van der Waals surface area contributed by atoms with E-state index in [1.54, 1.807) is 13.8 Å². The van der Waals surface area contributed by atoms with Crippen LogP contribution in [0, 0.1) is 34.0 Å². The van der Waals surface area contributed by atoms with Gasteiger partial charge in [-0.3, -0.25) is 19.2 Å². The van der Waals surface area contributed by atoms with Gasteiger partial charge in [-0.15, -0.1) is 0 Å². The van der Waals surface area contributed by atoms with Crippen molar-refractivity contribution in [3.63, 3.8) is 0 Å². The molecule has 3 rings (SSSR count). The maximum Gasteiger partial charge on any atom is 0.181 e. The second kappa shape index (κ2) is 13.0. The summed E-state index contributed by atoms with van der Waals surface area (Å²) in [5.74, 6) is -6.24. The average molecular weight is 619 g/mol. The third-order valence-electron chi connectivity index (χ3n) is 10.5. The molecule has 45 heavy (non-hydrogen) atoms. The summed E-state index contributed by atoms with van der Waals surface area (Å²) in [7, 11) is 0. The van der Waals surface area contributed by atoms with Crippen LogP contribution >= 0.6 is 0 Å². The minimum atomic E-state index is -1.78. The molecule has 1 aromatic rings. The molecule has 0 radical (unpaired) electrons. The standard InChI is InChI=1S/C38H50O7/c1-21(2)11-13-27-20-37(19-26(23(5)6)18-29(40)24(7)8)33(43)31(32(42)25-12-14-28(39)30(41)17-25)34(44)38(35(37)45,36(27,9)10)16-15-22(3)4/h11-12,14-15,17,26-27,29,31,39-41H,5,7,13,16,18-20H2,1-4,6,8-10H3/t26-,27+,29?,31?,37-,38+/m1/s1. The van der Waals surface area contributed by atoms with Crippen LogP contribution in [0.1, 0.15) is 97.9 Å². The normalized spacial score (nSPS) is 26.9. The van der Waals surface area contributed by atoms with Crippen LogP contribution in [0.15, 0.2) is 65.8 Å². The van der Waals surface area contributed by atoms with Crippen LogP contribution in [0.5, 0.6) is 11.5 Å². The van der Waals surface area contributed by atoms with Gasteiger partial charge < -0.3 is 15.3 Å². The van der Waals surface area contributed by atoms with Gasteiger partial charge in [-0.1, -0.05) is 61.4 Å². The summed E-state index contributed by atoms with van der Waals surface area (Å²) >= 11 is 0. The lowest BCUT2D eigenvalue weighted by Gasteiger charge is -2.61. The van der Waals surface area contributed by atoms with Gasteiger partial charge in [0.05, 0.1) is 16.9 Å². The number of phenolic OH excluding ortho intramolecular Hbond substituents is 2. The number of allylic oxidation sites excluding steroid dienone is 5. The van der Waals surface area contributed by atoms with Gasteiger partial charge in [-0.2, -0.15) is 0 Å². The minimum Gasteiger partial charge on any atom is -0.504 e. The van der Waals surface area contributed by atoms with Gasteiger partial charge >= 0.3 is 0 Å². The fraction of sp³-hybridized carbons (Fsp3) is 0.526. The number of phenols is 2. The third-order valence-corrected chi connectivity index (χ3v) is 10.5. The monoisotopic (exact) mass is 618 g/mol. The first-order chi connectivity index (χ1) is 20.7. The molecule has 0 aromatic heterocycles. The molecular formula is C38H50O7. The van der Waals surface area contributed by atoms with Gasteiger partial charge in [-0.25, -0.2) is 0 Å². The molecule has 2 saturated carbocycles. The highest BCUT2D eigenvalue weighted by Gasteiger charge is 2.75. The topological polar surface area (TPSA) is 129 Å². The number of hydrogen-bond donors (Lipinski definition) is 3. The number of ketones is 4. The summed E-state index contributed by atoms with van der Waals surface area (Å²) in [5, 5.41) is 30.9. The van der Waals surface area contributed by atoms with Crippen molar-refractivity contribution in [2.45, 2.75) is 93.6 Å². The summed E-state index contributed by atoms with van der Waals surface area (Å²) in [4.78, 5) is 59.2. The molecule has 2 aliphatic rings. The highest BCUT2D eigenvalue weighted by atomic mass is 16.3. The molecule has 0 aliphatic heterocycles. The Balaban J connectivity index is 2.39. The number of carbonyl (C=O) groups excluding carboxylic acids is 4. The second-order valence-electron chi connectivity index (χ2n) is 14.5. The van der Waals surface area contributed by atoms with Crippen molar-refractivity contribution in [1.29, 1.82) is 0 Å². The van der Waals surface area contributed by atoms with Crippen molar-refractivity contribution >= 4 is 23.1 Å². The Morgan fingerprint density at radius 3 is 2.04 bits per heavy atom. The van der Waals surface area contributed by atoms with Crippen LogP contribution in [0.4, 0.5) is 0 Å². The Morgan fingerprint density at radius 2 is 1.53 bits per heavy atom. The van der Waals surface area contributed by atoms with E-state index in [0.29, 0.717) is 17.6 Å². The molecule has 7 nitrogen and oxygen atoms in total. The van der Waals surface area contributed by atoms with E-state index in [2.05, 4.69) is 19.2 Å². The molecule has 2 bridgehead atoms. The van der Waals surface area contributed by atoms with Crippen molar-refractivity contribution in [2.24, 2.45) is 34.0 Å². The number of fused-ring (bicyclic) bond motifs is 2. The SMILES string of the molecule is C=C(C)C(O)C[C@H](C[C@@]12C[C@H](CC=C(C)C)C(C)(C)[C@@](CC=C(C)C)(C(=O)C(C(=O)c3ccc(O)c(O)c3)C1=O)C2=O)C(=C)C. The first-order valence-corrected chi connectivity index (χ1v) is 15.7. The van der Waals surface area contributed by atoms with Crippen molar-refractivity contribution in [2.75, 3.05) is 0 Å². The van der Waals surface area contributed by atoms with Crippen molar-refractivity contribution in [3.05, 3.63) is 71.4 Å². The van der Waals surface area contributed by atoms with Gasteiger partial charge in [0.15, 0.2) is 34.6 Å². The van der Waals surface area contributed by atoms with Crippen LogP contribution in [-0.2, 0) is 14.4 Å². The van der Waals surface area contributed by atoms with E-state index in [4.69, 9.17) is 0 Å². The zero-order chi connectivity index (χ0) is 34.2. The lowest BCUT2D eigenvalue weighted by molar-refractivity contribution is -0.184. The number of aliphatic hydroxyl groups excluding tert-OH is 1. The molecular weight excluding hydrogens is 568 g/mol. The quantitative estimate of drug-likeness (QED) is 0.0973. The molecule has 7 heteroatoms. The van der Waals surface area contributed by atoms with E-state index >= 15 is 4.79 Å². The Kier molecular flexibility index (Phi) is 10.4. The van der Waals surface area contributed by atoms with Crippen molar-refractivity contribution < 1.29 is 34.5 Å². The first-order valence-electron chi connectivity index (χ1n) is 15.7. The second-order valence-corrected chi connectivity index (χ2v) is 14.5. The number of benzene rings is 1. The summed E-state index contributed by atoms with van der Waals surface area (Å²) in [6.45, 7) is 23.0. The fourth-order valence-electron chi connectivity index (χ4n) is 7.38. The van der Waals surface area contributed by atoms with Crippen molar-refractivity contribution in [1.82, 2.24) is 0 Å². The first kappa shape index (κ1) is 35.9. The Morgan fingerprint density at radius 1 is 0.933 bits per heavy atom. The van der Waals surface area contributed by atoms with Gasteiger partial charge in [0.2, 0.25) is 0 Å². The van der Waals surface area contributed by atoms with Crippen LogP contribution in [0.3, 0.4) is 0 Å². The van der Waals surface area contributed by atoms with Crippen LogP contribution in [-0.4, -0.2) is 44.6 Å². The summed E-state index contributed by atoms with van der Waals surface area (Å²) in [6.07, 6.45) is 3.93. The summed E-state index contributed by atoms with van der Waals surface area (Å²) < 4.78 is 0. The molecule has 2 aliphatic carbocycles.